The Bertz CT molecular complexity index is 294. The Hall–Kier alpha value is -1.31. The fourth-order valence-electron chi connectivity index (χ4n) is 1.79. The molecule has 2 nitrogen and oxygen atoms in total. The van der Waals surface area contributed by atoms with Gasteiger partial charge in [0.2, 0.25) is 5.91 Å². The third kappa shape index (κ3) is 1.89. The first-order valence-corrected chi connectivity index (χ1v) is 4.68. The van der Waals surface area contributed by atoms with Gasteiger partial charge in [-0.05, 0) is 17.9 Å². The number of benzene rings is 1. The van der Waals surface area contributed by atoms with Crippen molar-refractivity contribution in [1.82, 2.24) is 5.32 Å². The van der Waals surface area contributed by atoms with Gasteiger partial charge in [0.1, 0.15) is 0 Å². The maximum absolute atomic E-state index is 11.1. The molecule has 0 radical (unpaired) electrons. The van der Waals surface area contributed by atoms with Gasteiger partial charge in [0.05, 0.1) is 0 Å². The fraction of sp³-hybridized carbons (Fsp3) is 0.364. The summed E-state index contributed by atoms with van der Waals surface area (Å²) in [6.07, 6.45) is 1.71. The second-order valence-corrected chi connectivity index (χ2v) is 3.45. The van der Waals surface area contributed by atoms with Crippen LogP contribution in [0.1, 0.15) is 24.3 Å². The van der Waals surface area contributed by atoms with E-state index >= 15 is 0 Å². The van der Waals surface area contributed by atoms with Crippen molar-refractivity contribution >= 4 is 5.91 Å². The van der Waals surface area contributed by atoms with Crippen molar-refractivity contribution in [3.8, 4) is 0 Å². The Balaban J connectivity index is 2.13. The maximum Gasteiger partial charge on any atom is 0.220 e. The molecule has 2 rings (SSSR count). The van der Waals surface area contributed by atoms with Crippen molar-refractivity contribution in [1.29, 1.82) is 0 Å². The molecule has 0 saturated carbocycles. The largest absolute Gasteiger partial charge is 0.356 e. The molecule has 1 aromatic carbocycles. The highest BCUT2D eigenvalue weighted by Gasteiger charge is 2.19. The molecule has 1 unspecified atom stereocenters. The maximum atomic E-state index is 11.1. The minimum Gasteiger partial charge on any atom is -0.356 e. The van der Waals surface area contributed by atoms with Crippen LogP contribution in [-0.2, 0) is 4.79 Å². The molecule has 1 atom stereocenters. The first-order valence-electron chi connectivity index (χ1n) is 4.68. The molecule has 1 fully saturated rings. The van der Waals surface area contributed by atoms with Gasteiger partial charge < -0.3 is 5.32 Å². The molecule has 1 amide bonds. The molecule has 2 heteroatoms. The zero-order valence-electron chi connectivity index (χ0n) is 7.49. The van der Waals surface area contributed by atoms with E-state index in [2.05, 4.69) is 17.4 Å². The van der Waals surface area contributed by atoms with Crippen LogP contribution in [0.3, 0.4) is 0 Å². The Morgan fingerprint density at radius 2 is 2.00 bits per heavy atom. The molecule has 1 saturated heterocycles. The Labute approximate surface area is 78.0 Å². The summed E-state index contributed by atoms with van der Waals surface area (Å²) in [6, 6.07) is 10.3. The Morgan fingerprint density at radius 1 is 1.23 bits per heavy atom. The standard InChI is InChI=1S/C11H13NO/c13-11-8-10(6-7-12-11)9-4-2-1-3-5-9/h1-5,10H,6-8H2,(H,12,13). The highest BCUT2D eigenvalue weighted by atomic mass is 16.1. The van der Waals surface area contributed by atoms with Crippen molar-refractivity contribution in [2.75, 3.05) is 6.54 Å². The zero-order valence-corrected chi connectivity index (χ0v) is 7.49. The molecule has 1 heterocycles. The molecule has 0 aliphatic carbocycles. The van der Waals surface area contributed by atoms with Crippen LogP contribution in [0.4, 0.5) is 0 Å². The van der Waals surface area contributed by atoms with Gasteiger partial charge in [0, 0.05) is 13.0 Å². The van der Waals surface area contributed by atoms with E-state index < -0.39 is 0 Å². The molecule has 1 N–H and O–H groups in total. The van der Waals surface area contributed by atoms with E-state index in [0.717, 1.165) is 13.0 Å². The monoisotopic (exact) mass is 175 g/mol. The summed E-state index contributed by atoms with van der Waals surface area (Å²) in [5.74, 6) is 0.607. The normalized spacial score (nSPS) is 22.5. The van der Waals surface area contributed by atoms with Crippen LogP contribution in [0, 0.1) is 0 Å². The average Bonchev–Trinajstić information content (AvgIpc) is 2.19. The minimum absolute atomic E-state index is 0.181. The summed E-state index contributed by atoms with van der Waals surface area (Å²) in [5.41, 5.74) is 1.29. The third-order valence-corrected chi connectivity index (χ3v) is 2.52. The zero-order chi connectivity index (χ0) is 9.10. The topological polar surface area (TPSA) is 29.1 Å². The number of piperidine rings is 1. The number of carbonyl (C=O) groups excluding carboxylic acids is 1. The van der Waals surface area contributed by atoms with E-state index in [1.807, 2.05) is 18.2 Å². The van der Waals surface area contributed by atoms with E-state index in [1.54, 1.807) is 0 Å². The first kappa shape index (κ1) is 8.30. The van der Waals surface area contributed by atoms with Crippen LogP contribution in [0.2, 0.25) is 0 Å². The van der Waals surface area contributed by atoms with Crippen molar-refractivity contribution in [2.45, 2.75) is 18.8 Å². The summed E-state index contributed by atoms with van der Waals surface area (Å²) >= 11 is 0. The van der Waals surface area contributed by atoms with Crippen LogP contribution in [0.5, 0.6) is 0 Å². The summed E-state index contributed by atoms with van der Waals surface area (Å²) < 4.78 is 0. The Kier molecular flexibility index (Phi) is 2.30. The molecular weight excluding hydrogens is 162 g/mol. The fourth-order valence-corrected chi connectivity index (χ4v) is 1.79. The predicted octanol–water partition coefficient (Wildman–Crippen LogP) is 1.68. The molecule has 68 valence electrons. The highest BCUT2D eigenvalue weighted by Crippen LogP contribution is 2.24. The molecule has 13 heavy (non-hydrogen) atoms. The predicted molar refractivity (Wildman–Crippen MR) is 51.4 cm³/mol. The van der Waals surface area contributed by atoms with E-state index in [4.69, 9.17) is 0 Å². The summed E-state index contributed by atoms with van der Waals surface area (Å²) in [5, 5.41) is 2.84. The van der Waals surface area contributed by atoms with Crippen molar-refractivity contribution in [2.24, 2.45) is 0 Å². The quantitative estimate of drug-likeness (QED) is 0.691. The van der Waals surface area contributed by atoms with E-state index in [0.29, 0.717) is 12.3 Å². The van der Waals surface area contributed by atoms with Gasteiger partial charge in [-0.3, -0.25) is 4.79 Å². The molecule has 1 aliphatic heterocycles. The van der Waals surface area contributed by atoms with Gasteiger partial charge in [0.25, 0.3) is 0 Å². The lowest BCUT2D eigenvalue weighted by Crippen LogP contribution is -2.32. The van der Waals surface area contributed by atoms with Gasteiger partial charge in [0.15, 0.2) is 0 Å². The van der Waals surface area contributed by atoms with Crippen molar-refractivity contribution < 1.29 is 4.79 Å². The number of amides is 1. The molecular formula is C11H13NO. The van der Waals surface area contributed by atoms with Crippen LogP contribution in [-0.4, -0.2) is 12.5 Å². The van der Waals surface area contributed by atoms with Gasteiger partial charge in [-0.25, -0.2) is 0 Å². The molecule has 0 aromatic heterocycles. The van der Waals surface area contributed by atoms with Gasteiger partial charge >= 0.3 is 0 Å². The number of hydrogen-bond donors (Lipinski definition) is 1. The summed E-state index contributed by atoms with van der Waals surface area (Å²) in [6.45, 7) is 0.818. The molecule has 0 bridgehead atoms. The molecule has 0 spiro atoms. The second kappa shape index (κ2) is 3.60. The van der Waals surface area contributed by atoms with Gasteiger partial charge in [-0.2, -0.15) is 0 Å². The smallest absolute Gasteiger partial charge is 0.220 e. The highest BCUT2D eigenvalue weighted by molar-refractivity contribution is 5.77. The second-order valence-electron chi connectivity index (χ2n) is 3.45. The van der Waals surface area contributed by atoms with Crippen molar-refractivity contribution in [3.05, 3.63) is 35.9 Å². The number of rotatable bonds is 1. The number of carbonyl (C=O) groups is 1. The molecule has 1 aromatic rings. The lowest BCUT2D eigenvalue weighted by atomic mass is 9.90. The van der Waals surface area contributed by atoms with E-state index in [1.165, 1.54) is 5.56 Å². The third-order valence-electron chi connectivity index (χ3n) is 2.52. The summed E-state index contributed by atoms with van der Waals surface area (Å²) in [4.78, 5) is 11.1. The first-order chi connectivity index (χ1) is 6.36. The van der Waals surface area contributed by atoms with E-state index in [-0.39, 0.29) is 5.91 Å². The van der Waals surface area contributed by atoms with Gasteiger partial charge in [-0.15, -0.1) is 0 Å². The van der Waals surface area contributed by atoms with Crippen LogP contribution < -0.4 is 5.32 Å². The summed E-state index contributed by atoms with van der Waals surface area (Å²) in [7, 11) is 0. The van der Waals surface area contributed by atoms with Crippen LogP contribution >= 0.6 is 0 Å². The Morgan fingerprint density at radius 3 is 2.69 bits per heavy atom. The number of nitrogens with one attached hydrogen (secondary N) is 1. The lowest BCUT2D eigenvalue weighted by molar-refractivity contribution is -0.122. The van der Waals surface area contributed by atoms with Crippen LogP contribution in [0.25, 0.3) is 0 Å². The van der Waals surface area contributed by atoms with Crippen molar-refractivity contribution in [3.63, 3.8) is 0 Å². The molecule has 1 aliphatic rings. The van der Waals surface area contributed by atoms with E-state index in [9.17, 15) is 4.79 Å². The lowest BCUT2D eigenvalue weighted by Gasteiger charge is -2.22. The number of hydrogen-bond acceptors (Lipinski definition) is 1. The minimum atomic E-state index is 0.181. The average molecular weight is 175 g/mol. The van der Waals surface area contributed by atoms with Gasteiger partial charge in [-0.1, -0.05) is 30.3 Å². The van der Waals surface area contributed by atoms with Crippen LogP contribution in [0.15, 0.2) is 30.3 Å². The SMILES string of the molecule is O=C1CC(c2ccccc2)CCN1.